The number of halogens is 1. The lowest BCUT2D eigenvalue weighted by molar-refractivity contribution is -0.0389. The average Bonchev–Trinajstić information content (AvgIpc) is 3.57. The van der Waals surface area contributed by atoms with E-state index in [4.69, 9.17) is 11.6 Å². The molecule has 33 heavy (non-hydrogen) atoms. The Morgan fingerprint density at radius 3 is 2.58 bits per heavy atom. The van der Waals surface area contributed by atoms with Crippen molar-refractivity contribution in [3.05, 3.63) is 58.3 Å². The molecule has 0 atom stereocenters. The summed E-state index contributed by atoms with van der Waals surface area (Å²) in [5, 5.41) is 13.1. The van der Waals surface area contributed by atoms with Crippen LogP contribution in [0.25, 0.3) is 32.7 Å². The highest BCUT2D eigenvalue weighted by molar-refractivity contribution is 7.15. The van der Waals surface area contributed by atoms with Gasteiger partial charge in [0.2, 0.25) is 0 Å². The van der Waals surface area contributed by atoms with Gasteiger partial charge in [0.25, 0.3) is 0 Å². The van der Waals surface area contributed by atoms with Crippen LogP contribution < -0.4 is 0 Å². The van der Waals surface area contributed by atoms with E-state index >= 15 is 0 Å². The Morgan fingerprint density at radius 1 is 1.06 bits per heavy atom. The highest BCUT2D eigenvalue weighted by Gasteiger charge is 2.39. The molecule has 4 aromatic rings. The van der Waals surface area contributed by atoms with Crippen molar-refractivity contribution in [3.63, 3.8) is 0 Å². The SMILES string of the molecule is OC1(c2ncc(-c3c(Cl)cnc4[nH]c(-c5ccc(CCN6CCCC6)cc5)cc34)s2)CCC1. The van der Waals surface area contributed by atoms with Gasteiger partial charge in [0.15, 0.2) is 0 Å². The molecule has 7 heteroatoms. The molecule has 1 aromatic carbocycles. The first-order valence-electron chi connectivity index (χ1n) is 11.8. The Hall–Kier alpha value is -2.25. The van der Waals surface area contributed by atoms with Crippen molar-refractivity contribution in [2.24, 2.45) is 0 Å². The summed E-state index contributed by atoms with van der Waals surface area (Å²) < 4.78 is 0. The Morgan fingerprint density at radius 2 is 1.85 bits per heavy atom. The van der Waals surface area contributed by atoms with Crippen molar-refractivity contribution >= 4 is 34.0 Å². The third-order valence-electron chi connectivity index (χ3n) is 7.12. The lowest BCUT2D eigenvalue weighted by Crippen LogP contribution is -2.33. The van der Waals surface area contributed by atoms with Gasteiger partial charge in [0.1, 0.15) is 16.3 Å². The number of nitrogens with one attached hydrogen (secondary N) is 1. The molecule has 2 aliphatic rings. The number of aromatic nitrogens is 3. The first-order valence-corrected chi connectivity index (χ1v) is 13.0. The lowest BCUT2D eigenvalue weighted by atomic mass is 9.81. The van der Waals surface area contributed by atoms with E-state index < -0.39 is 5.60 Å². The number of aliphatic hydroxyl groups is 1. The Balaban J connectivity index is 1.28. The smallest absolute Gasteiger partial charge is 0.138 e. The highest BCUT2D eigenvalue weighted by Crippen LogP contribution is 2.46. The van der Waals surface area contributed by atoms with Crippen LogP contribution in [0.3, 0.4) is 0 Å². The second-order valence-corrected chi connectivity index (χ2v) is 10.8. The number of pyridine rings is 1. The van der Waals surface area contributed by atoms with Crippen LogP contribution in [0.2, 0.25) is 5.02 Å². The molecule has 5 nitrogen and oxygen atoms in total. The van der Waals surface area contributed by atoms with Gasteiger partial charge in [-0.2, -0.15) is 0 Å². The molecule has 1 aliphatic heterocycles. The number of H-pyrrole nitrogens is 1. The number of hydrogen-bond donors (Lipinski definition) is 2. The number of rotatable bonds is 6. The number of likely N-dealkylation sites (tertiary alicyclic amines) is 1. The molecular formula is C26H27ClN4OS. The zero-order valence-electron chi connectivity index (χ0n) is 18.5. The standard InChI is InChI=1S/C26H27ClN4OS/c27-20-15-28-24-19(23(20)22-16-29-25(33-22)26(32)9-3-10-26)14-21(30-24)18-6-4-17(5-7-18)8-13-31-11-1-2-12-31/h4-7,14-16,32H,1-3,8-13H2,(H,28,30). The van der Waals surface area contributed by atoms with E-state index in [0.717, 1.165) is 70.0 Å². The number of thiazole rings is 1. The molecule has 170 valence electrons. The van der Waals surface area contributed by atoms with E-state index in [0.29, 0.717) is 5.02 Å². The molecule has 0 bridgehead atoms. The maximum atomic E-state index is 10.7. The molecule has 1 aliphatic carbocycles. The molecule has 3 aromatic heterocycles. The van der Waals surface area contributed by atoms with E-state index in [1.807, 2.05) is 6.20 Å². The van der Waals surface area contributed by atoms with Gasteiger partial charge in [-0.25, -0.2) is 9.97 Å². The van der Waals surface area contributed by atoms with Crippen LogP contribution >= 0.6 is 22.9 Å². The zero-order valence-corrected chi connectivity index (χ0v) is 20.1. The highest BCUT2D eigenvalue weighted by atomic mass is 35.5. The van der Waals surface area contributed by atoms with Crippen LogP contribution in [0.15, 0.2) is 42.7 Å². The number of benzene rings is 1. The van der Waals surface area contributed by atoms with Gasteiger partial charge < -0.3 is 15.0 Å². The van der Waals surface area contributed by atoms with E-state index in [1.54, 1.807) is 6.20 Å². The number of aromatic amines is 1. The molecule has 1 saturated heterocycles. The molecule has 0 spiro atoms. The molecule has 1 saturated carbocycles. The van der Waals surface area contributed by atoms with Crippen molar-refractivity contribution in [2.75, 3.05) is 19.6 Å². The van der Waals surface area contributed by atoms with Crippen molar-refractivity contribution < 1.29 is 5.11 Å². The Labute approximate surface area is 202 Å². The van der Waals surface area contributed by atoms with E-state index in [-0.39, 0.29) is 0 Å². The molecule has 0 radical (unpaired) electrons. The normalized spacial score (nSPS) is 18.1. The Bertz CT molecular complexity index is 1290. The Kier molecular flexibility index (Phi) is 5.49. The molecule has 2 fully saturated rings. The minimum absolute atomic E-state index is 0.598. The van der Waals surface area contributed by atoms with Crippen molar-refractivity contribution in [1.29, 1.82) is 0 Å². The third-order valence-corrected chi connectivity index (χ3v) is 8.62. The molecule has 4 heterocycles. The monoisotopic (exact) mass is 478 g/mol. The van der Waals surface area contributed by atoms with Crippen LogP contribution in [0.1, 0.15) is 42.7 Å². The van der Waals surface area contributed by atoms with Gasteiger partial charge in [-0.3, -0.25) is 0 Å². The topological polar surface area (TPSA) is 65.0 Å². The minimum atomic E-state index is -0.763. The van der Waals surface area contributed by atoms with Crippen LogP contribution in [0, 0.1) is 0 Å². The van der Waals surface area contributed by atoms with Crippen molar-refractivity contribution in [2.45, 2.75) is 44.1 Å². The maximum Gasteiger partial charge on any atom is 0.138 e. The number of nitrogens with zero attached hydrogens (tertiary/aromatic N) is 3. The summed E-state index contributed by atoms with van der Waals surface area (Å²) in [6, 6.07) is 10.9. The predicted octanol–water partition coefficient (Wildman–Crippen LogP) is 6.02. The first kappa shape index (κ1) is 21.3. The molecule has 2 N–H and O–H groups in total. The lowest BCUT2D eigenvalue weighted by Gasteiger charge is -2.34. The molecule has 6 rings (SSSR count). The van der Waals surface area contributed by atoms with Crippen molar-refractivity contribution in [3.8, 4) is 21.7 Å². The quantitative estimate of drug-likeness (QED) is 0.356. The third kappa shape index (κ3) is 3.99. The summed E-state index contributed by atoms with van der Waals surface area (Å²) in [5.74, 6) is 0. The van der Waals surface area contributed by atoms with E-state index in [2.05, 4.69) is 50.2 Å². The zero-order chi connectivity index (χ0) is 22.4. The van der Waals surface area contributed by atoms with E-state index in [1.165, 1.54) is 42.8 Å². The van der Waals surface area contributed by atoms with Crippen LogP contribution in [-0.4, -0.2) is 44.6 Å². The van der Waals surface area contributed by atoms with Crippen molar-refractivity contribution in [1.82, 2.24) is 19.9 Å². The summed E-state index contributed by atoms with van der Waals surface area (Å²) in [6.45, 7) is 3.63. The predicted molar refractivity (Wildman–Crippen MR) is 135 cm³/mol. The molecule has 0 amide bonds. The summed E-state index contributed by atoms with van der Waals surface area (Å²) in [5.41, 5.74) is 4.50. The van der Waals surface area contributed by atoms with E-state index in [9.17, 15) is 5.11 Å². The maximum absolute atomic E-state index is 10.7. The van der Waals surface area contributed by atoms with Crippen LogP contribution in [0.5, 0.6) is 0 Å². The number of hydrogen-bond acceptors (Lipinski definition) is 5. The second-order valence-electron chi connectivity index (χ2n) is 9.34. The van der Waals surface area contributed by atoms with Gasteiger partial charge >= 0.3 is 0 Å². The van der Waals surface area contributed by atoms with Gasteiger partial charge in [0.05, 0.1) is 9.90 Å². The minimum Gasteiger partial charge on any atom is -0.383 e. The average molecular weight is 479 g/mol. The first-order chi connectivity index (χ1) is 16.1. The molecule has 0 unspecified atom stereocenters. The van der Waals surface area contributed by atoms with Gasteiger partial charge in [-0.05, 0) is 68.8 Å². The van der Waals surface area contributed by atoms with Crippen LogP contribution in [-0.2, 0) is 12.0 Å². The fraction of sp³-hybridized carbons (Fsp3) is 0.385. The van der Waals surface area contributed by atoms with Gasteiger partial charge in [-0.1, -0.05) is 35.9 Å². The van der Waals surface area contributed by atoms with Gasteiger partial charge in [-0.15, -0.1) is 11.3 Å². The largest absolute Gasteiger partial charge is 0.383 e. The van der Waals surface area contributed by atoms with Crippen LogP contribution in [0.4, 0.5) is 0 Å². The number of fused-ring (bicyclic) bond motifs is 1. The summed E-state index contributed by atoms with van der Waals surface area (Å²) >= 11 is 8.14. The summed E-state index contributed by atoms with van der Waals surface area (Å²) in [7, 11) is 0. The fourth-order valence-electron chi connectivity index (χ4n) is 4.93. The summed E-state index contributed by atoms with van der Waals surface area (Å²) in [4.78, 5) is 16.0. The summed E-state index contributed by atoms with van der Waals surface area (Å²) in [6.07, 6.45) is 9.89. The fourth-order valence-corrected chi connectivity index (χ4v) is 6.37. The van der Waals surface area contributed by atoms with Gasteiger partial charge in [0, 0.05) is 35.6 Å². The second kappa shape index (κ2) is 8.51. The molecular weight excluding hydrogens is 452 g/mol.